The molecule has 0 aliphatic heterocycles. The number of nitrogens with one attached hydrogen (secondary N) is 1. The molecule has 1 N–H and O–H groups in total. The van der Waals surface area contributed by atoms with E-state index < -0.39 is 34.1 Å². The molecule has 0 radical (unpaired) electrons. The van der Waals surface area contributed by atoms with Crippen LogP contribution in [0.3, 0.4) is 0 Å². The van der Waals surface area contributed by atoms with Crippen molar-refractivity contribution in [2.24, 2.45) is 0 Å². The van der Waals surface area contributed by atoms with Crippen molar-refractivity contribution >= 4 is 66.7 Å². The Labute approximate surface area is 254 Å². The van der Waals surface area contributed by atoms with E-state index in [9.17, 15) is 18.0 Å². The Morgan fingerprint density at radius 1 is 0.950 bits per heavy atom. The number of anilines is 1. The minimum absolute atomic E-state index is 0.0765. The smallest absolute Gasteiger partial charge is 0.244 e. The van der Waals surface area contributed by atoms with Gasteiger partial charge in [-0.3, -0.25) is 13.9 Å². The summed E-state index contributed by atoms with van der Waals surface area (Å²) < 4.78 is 27.6. The van der Waals surface area contributed by atoms with Crippen molar-refractivity contribution in [3.05, 3.63) is 98.4 Å². The Morgan fingerprint density at radius 3 is 2.12 bits per heavy atom. The van der Waals surface area contributed by atoms with Gasteiger partial charge in [0, 0.05) is 28.0 Å². The molecule has 0 aliphatic carbocycles. The van der Waals surface area contributed by atoms with Gasteiger partial charge in [0.25, 0.3) is 0 Å². The Bertz CT molecular complexity index is 1450. The third-order valence-electron chi connectivity index (χ3n) is 5.89. The number of rotatable bonds is 10. The van der Waals surface area contributed by atoms with E-state index in [4.69, 9.17) is 23.2 Å². The molecule has 3 aromatic rings. The molecule has 0 saturated heterocycles. The van der Waals surface area contributed by atoms with Crippen LogP contribution in [0.25, 0.3) is 0 Å². The number of amides is 2. The van der Waals surface area contributed by atoms with E-state index in [0.29, 0.717) is 5.02 Å². The predicted molar refractivity (Wildman–Crippen MR) is 165 cm³/mol. The Morgan fingerprint density at radius 2 is 1.57 bits per heavy atom. The van der Waals surface area contributed by atoms with Crippen LogP contribution in [0, 0.1) is 0 Å². The zero-order valence-electron chi connectivity index (χ0n) is 22.7. The van der Waals surface area contributed by atoms with Crippen molar-refractivity contribution in [3.63, 3.8) is 0 Å². The van der Waals surface area contributed by atoms with Crippen molar-refractivity contribution < 1.29 is 18.0 Å². The second kappa shape index (κ2) is 13.4. The lowest BCUT2D eigenvalue weighted by Crippen LogP contribution is -2.56. The monoisotopic (exact) mass is 667 g/mol. The van der Waals surface area contributed by atoms with Gasteiger partial charge < -0.3 is 10.2 Å². The van der Waals surface area contributed by atoms with E-state index in [1.165, 1.54) is 23.1 Å². The second-order valence-electron chi connectivity index (χ2n) is 10.5. The zero-order chi connectivity index (χ0) is 29.7. The molecule has 7 nitrogen and oxygen atoms in total. The normalized spacial score (nSPS) is 12.5. The number of carbonyl (C=O) groups excluding carboxylic acids is 2. The SMILES string of the molecule is CC(C)(C)NC(=O)[C@@H](Cc1ccccc1)N(Cc1ccc(Br)cc1)C(=O)CN(c1ccc(Cl)cc1Cl)S(C)(=O)=O. The molecule has 0 heterocycles. The number of hydrogen-bond donors (Lipinski definition) is 1. The first-order valence-corrected chi connectivity index (χ1v) is 15.9. The highest BCUT2D eigenvalue weighted by atomic mass is 79.9. The average molecular weight is 669 g/mol. The van der Waals surface area contributed by atoms with Crippen LogP contribution in [-0.4, -0.2) is 49.5 Å². The summed E-state index contributed by atoms with van der Waals surface area (Å²) in [7, 11) is -3.94. The van der Waals surface area contributed by atoms with E-state index in [0.717, 1.165) is 26.2 Å². The lowest BCUT2D eigenvalue weighted by molar-refractivity contribution is -0.140. The Kier molecular flexibility index (Phi) is 10.7. The first-order chi connectivity index (χ1) is 18.6. The highest BCUT2D eigenvalue weighted by Gasteiger charge is 2.34. The van der Waals surface area contributed by atoms with E-state index in [2.05, 4.69) is 21.2 Å². The van der Waals surface area contributed by atoms with Gasteiger partial charge in [-0.25, -0.2) is 8.42 Å². The summed E-state index contributed by atoms with van der Waals surface area (Å²) in [5.74, 6) is -0.915. The molecule has 2 amide bonds. The highest BCUT2D eigenvalue weighted by molar-refractivity contribution is 9.10. The minimum Gasteiger partial charge on any atom is -0.350 e. The number of benzene rings is 3. The zero-order valence-corrected chi connectivity index (χ0v) is 26.6. The summed E-state index contributed by atoms with van der Waals surface area (Å²) in [6.45, 7) is 5.09. The molecule has 0 aromatic heterocycles. The Hall–Kier alpha value is -2.59. The molecule has 214 valence electrons. The van der Waals surface area contributed by atoms with Gasteiger partial charge >= 0.3 is 0 Å². The van der Waals surface area contributed by atoms with Gasteiger partial charge in [-0.1, -0.05) is 81.6 Å². The first kappa shape index (κ1) is 31.9. The molecule has 0 unspecified atom stereocenters. The molecule has 1 atom stereocenters. The number of sulfonamides is 1. The molecule has 3 rings (SSSR count). The van der Waals surface area contributed by atoms with E-state index in [1.54, 1.807) is 0 Å². The summed E-state index contributed by atoms with van der Waals surface area (Å²) in [4.78, 5) is 29.2. The molecule has 40 heavy (non-hydrogen) atoms. The van der Waals surface area contributed by atoms with Crippen LogP contribution < -0.4 is 9.62 Å². The fourth-order valence-electron chi connectivity index (χ4n) is 4.07. The maximum Gasteiger partial charge on any atom is 0.244 e. The summed E-state index contributed by atoms with van der Waals surface area (Å²) in [6, 6.07) is 20.2. The van der Waals surface area contributed by atoms with Gasteiger partial charge in [0.2, 0.25) is 21.8 Å². The fraction of sp³-hybridized carbons (Fsp3) is 0.310. The van der Waals surface area contributed by atoms with E-state index in [-0.39, 0.29) is 29.6 Å². The largest absolute Gasteiger partial charge is 0.350 e. The van der Waals surface area contributed by atoms with Gasteiger partial charge in [0.15, 0.2) is 0 Å². The van der Waals surface area contributed by atoms with Crippen molar-refractivity contribution in [2.75, 3.05) is 17.1 Å². The van der Waals surface area contributed by atoms with Gasteiger partial charge in [-0.05, 0) is 62.2 Å². The molecular formula is C29H32BrCl2N3O4S. The molecule has 0 spiro atoms. The third-order valence-corrected chi connectivity index (χ3v) is 8.09. The molecule has 0 bridgehead atoms. The number of nitrogens with zero attached hydrogens (tertiary/aromatic N) is 2. The Balaban J connectivity index is 2.09. The van der Waals surface area contributed by atoms with Crippen molar-refractivity contribution in [3.8, 4) is 0 Å². The van der Waals surface area contributed by atoms with Crippen LogP contribution in [0.4, 0.5) is 5.69 Å². The lowest BCUT2D eigenvalue weighted by atomic mass is 10.0. The minimum atomic E-state index is -3.94. The first-order valence-electron chi connectivity index (χ1n) is 12.5. The van der Waals surface area contributed by atoms with Crippen LogP contribution >= 0.6 is 39.1 Å². The van der Waals surface area contributed by atoms with Crippen LogP contribution in [0.1, 0.15) is 31.9 Å². The number of halogens is 3. The van der Waals surface area contributed by atoms with Crippen molar-refractivity contribution in [2.45, 2.75) is 45.3 Å². The standard InChI is InChI=1S/C29H32BrCl2N3O4S/c1-29(2,3)33-28(37)26(16-20-8-6-5-7-9-20)34(18-21-10-12-22(30)13-11-21)27(36)19-35(40(4,38)39)25-15-14-23(31)17-24(25)32/h5-15,17,26H,16,18-19H2,1-4H3,(H,33,37)/t26-/m1/s1. The molecule has 0 fully saturated rings. The van der Waals surface area contributed by atoms with Crippen molar-refractivity contribution in [1.82, 2.24) is 10.2 Å². The highest BCUT2D eigenvalue weighted by Crippen LogP contribution is 2.31. The van der Waals surface area contributed by atoms with E-state index in [1.807, 2.05) is 75.4 Å². The maximum atomic E-state index is 14.1. The molecule has 3 aromatic carbocycles. The summed E-state index contributed by atoms with van der Waals surface area (Å²) in [5, 5.41) is 3.40. The quantitative estimate of drug-likeness (QED) is 0.284. The van der Waals surface area contributed by atoms with Gasteiger partial charge in [0.1, 0.15) is 12.6 Å². The summed E-state index contributed by atoms with van der Waals surface area (Å²) in [6.07, 6.45) is 1.23. The van der Waals surface area contributed by atoms with Crippen LogP contribution in [0.5, 0.6) is 0 Å². The van der Waals surface area contributed by atoms with Crippen LogP contribution in [0.15, 0.2) is 77.3 Å². The molecular weight excluding hydrogens is 637 g/mol. The van der Waals surface area contributed by atoms with E-state index >= 15 is 0 Å². The molecule has 0 aliphatic rings. The topological polar surface area (TPSA) is 86.8 Å². The maximum absolute atomic E-state index is 14.1. The number of hydrogen-bond acceptors (Lipinski definition) is 4. The van der Waals surface area contributed by atoms with Gasteiger partial charge in [0.05, 0.1) is 17.0 Å². The molecule has 11 heteroatoms. The van der Waals surface area contributed by atoms with Crippen LogP contribution in [0.2, 0.25) is 10.0 Å². The second-order valence-corrected chi connectivity index (χ2v) is 14.1. The number of carbonyl (C=O) groups is 2. The third kappa shape index (κ3) is 9.23. The summed E-state index contributed by atoms with van der Waals surface area (Å²) in [5.41, 5.74) is 1.18. The molecule has 0 saturated carbocycles. The predicted octanol–water partition coefficient (Wildman–Crippen LogP) is 6.08. The fourth-order valence-corrected chi connectivity index (χ4v) is 5.76. The average Bonchev–Trinajstić information content (AvgIpc) is 2.85. The van der Waals surface area contributed by atoms with Gasteiger partial charge in [-0.15, -0.1) is 0 Å². The van der Waals surface area contributed by atoms with Crippen molar-refractivity contribution in [1.29, 1.82) is 0 Å². The van der Waals surface area contributed by atoms with Crippen LogP contribution in [-0.2, 0) is 32.6 Å². The van der Waals surface area contributed by atoms with Gasteiger partial charge in [-0.2, -0.15) is 0 Å². The summed E-state index contributed by atoms with van der Waals surface area (Å²) >= 11 is 15.8. The lowest BCUT2D eigenvalue weighted by Gasteiger charge is -2.35.